The Morgan fingerprint density at radius 1 is 0.780 bits per heavy atom. The van der Waals surface area contributed by atoms with Crippen LogP contribution in [0.15, 0.2) is 65.7 Å². The quantitative estimate of drug-likeness (QED) is 0.0257. The monoisotopic (exact) mass is 1140 g/mol. The molecule has 2 heterocycles. The van der Waals surface area contributed by atoms with Gasteiger partial charge < -0.3 is 80.0 Å². The highest BCUT2D eigenvalue weighted by Crippen LogP contribution is 2.40. The molecule has 2 aromatic rings. The molecule has 2 aliphatic heterocycles. The maximum Gasteiger partial charge on any atom is 0.326 e. The molecule has 0 radical (unpaired) electrons. The number of carboxylic acid groups (broad SMARTS) is 1. The molecule has 17 N–H and O–H groups in total. The SMILES string of the molecule is CC(C)C[C@@H]1NC(=O)[C@H](CCCN=C(N)N)NC(=O)[C@@H](N)C/C=C\C[C@@H](C(=O)N[C@@H](CCCCN)C(=O)NCC(=O)N2CCC[C@H]2C(=O)N[C@@H](Cc2ccc(OCc3ccccc3)c(C3CCCC3)c2)C(=O)O)NC(=O)[C@H](CO)NC1=O. The average Bonchev–Trinajstić information content (AvgIpc) is 4.24. The lowest BCUT2D eigenvalue weighted by atomic mass is 9.93. The lowest BCUT2D eigenvalue weighted by Crippen LogP contribution is -2.60. The highest BCUT2D eigenvalue weighted by Gasteiger charge is 2.38. The number of aliphatic imine (C=N–C) groups is 1. The maximum atomic E-state index is 14.2. The fraction of sp³-hybridized carbons (Fsp3) is 0.579. The maximum absolute atomic E-state index is 14.2. The third-order valence-corrected chi connectivity index (χ3v) is 14.7. The number of benzene rings is 2. The van der Waals surface area contributed by atoms with Gasteiger partial charge in [0.2, 0.25) is 47.3 Å². The van der Waals surface area contributed by atoms with Gasteiger partial charge in [-0.05, 0) is 118 Å². The Labute approximate surface area is 478 Å². The van der Waals surface area contributed by atoms with Crippen molar-refractivity contribution in [2.45, 2.75) is 171 Å². The molecule has 1 saturated carbocycles. The molecule has 0 bridgehead atoms. The number of carboxylic acids is 1. The number of amides is 8. The van der Waals surface area contributed by atoms with Crippen LogP contribution < -0.4 is 64.9 Å². The van der Waals surface area contributed by atoms with Crippen LogP contribution in [-0.4, -0.2) is 155 Å². The molecule has 5 rings (SSSR count). The second-order valence-electron chi connectivity index (χ2n) is 21.6. The third kappa shape index (κ3) is 20.7. The number of aliphatic carboxylic acids is 1. The summed E-state index contributed by atoms with van der Waals surface area (Å²) in [5.74, 6) is -6.74. The summed E-state index contributed by atoms with van der Waals surface area (Å²) in [5, 5.41) is 38.9. The molecule has 82 heavy (non-hydrogen) atoms. The van der Waals surface area contributed by atoms with Gasteiger partial charge in [-0.25, -0.2) is 4.79 Å². The van der Waals surface area contributed by atoms with Crippen molar-refractivity contribution in [1.82, 2.24) is 42.1 Å². The van der Waals surface area contributed by atoms with Crippen LogP contribution >= 0.6 is 0 Å². The van der Waals surface area contributed by atoms with Crippen molar-refractivity contribution in [1.29, 1.82) is 0 Å². The topological polar surface area (TPSA) is 407 Å². The van der Waals surface area contributed by atoms with Crippen molar-refractivity contribution >= 4 is 59.2 Å². The van der Waals surface area contributed by atoms with E-state index in [4.69, 9.17) is 27.7 Å². The number of unbranched alkanes of at least 4 members (excludes halogenated alkanes) is 1. The number of hydrogen-bond donors (Lipinski definition) is 13. The zero-order valence-corrected chi connectivity index (χ0v) is 47.1. The number of guanidine groups is 1. The summed E-state index contributed by atoms with van der Waals surface area (Å²) in [7, 11) is 0. The molecule has 2 fully saturated rings. The summed E-state index contributed by atoms with van der Waals surface area (Å²) in [6.45, 7) is 3.03. The first kappa shape index (κ1) is 65.2. The van der Waals surface area contributed by atoms with E-state index in [2.05, 4.69) is 42.2 Å². The summed E-state index contributed by atoms with van der Waals surface area (Å²) in [6.07, 6.45) is 8.70. The van der Waals surface area contributed by atoms with Crippen molar-refractivity contribution in [2.75, 3.05) is 32.8 Å². The van der Waals surface area contributed by atoms with Crippen LogP contribution in [0.5, 0.6) is 5.75 Å². The van der Waals surface area contributed by atoms with E-state index in [0.717, 1.165) is 42.6 Å². The normalized spacial score (nSPS) is 22.3. The van der Waals surface area contributed by atoms with E-state index in [0.29, 0.717) is 31.4 Å². The van der Waals surface area contributed by atoms with Gasteiger partial charge in [0.05, 0.1) is 19.2 Å². The minimum Gasteiger partial charge on any atom is -0.489 e. The molecule has 450 valence electrons. The van der Waals surface area contributed by atoms with Crippen molar-refractivity contribution in [3.05, 3.63) is 77.4 Å². The zero-order chi connectivity index (χ0) is 59.7. The predicted octanol–water partition coefficient (Wildman–Crippen LogP) is -0.535. The van der Waals surface area contributed by atoms with E-state index < -0.39 is 115 Å². The number of carbonyl (C=O) groups is 9. The van der Waals surface area contributed by atoms with Gasteiger partial charge in [-0.15, -0.1) is 0 Å². The zero-order valence-electron chi connectivity index (χ0n) is 47.1. The molecule has 0 spiro atoms. The van der Waals surface area contributed by atoms with E-state index in [-0.39, 0.29) is 88.8 Å². The highest BCUT2D eigenvalue weighted by molar-refractivity contribution is 5.98. The number of nitrogens with two attached hydrogens (primary N) is 4. The van der Waals surface area contributed by atoms with E-state index in [1.807, 2.05) is 42.5 Å². The Morgan fingerprint density at radius 3 is 2.13 bits per heavy atom. The van der Waals surface area contributed by atoms with Crippen LogP contribution in [0.25, 0.3) is 0 Å². The molecule has 0 aromatic heterocycles. The highest BCUT2D eigenvalue weighted by atomic mass is 16.5. The van der Waals surface area contributed by atoms with Crippen LogP contribution in [-0.2, 0) is 56.2 Å². The first-order valence-electron chi connectivity index (χ1n) is 28.5. The number of hydrogen-bond acceptors (Lipinski definition) is 14. The number of nitrogens with zero attached hydrogens (tertiary/aromatic N) is 2. The largest absolute Gasteiger partial charge is 0.489 e. The van der Waals surface area contributed by atoms with E-state index in [1.165, 1.54) is 17.1 Å². The van der Waals surface area contributed by atoms with Crippen LogP contribution in [0.3, 0.4) is 0 Å². The van der Waals surface area contributed by atoms with Crippen molar-refractivity contribution in [3.8, 4) is 5.75 Å². The Bertz CT molecular complexity index is 2560. The summed E-state index contributed by atoms with van der Waals surface area (Å²) < 4.78 is 6.27. The number of aliphatic hydroxyl groups excluding tert-OH is 1. The Kier molecular flexibility index (Phi) is 26.5. The van der Waals surface area contributed by atoms with Crippen molar-refractivity contribution in [2.24, 2.45) is 33.8 Å². The molecule has 1 aliphatic carbocycles. The Hall–Kier alpha value is -7.64. The van der Waals surface area contributed by atoms with Gasteiger partial charge >= 0.3 is 5.97 Å². The smallest absolute Gasteiger partial charge is 0.326 e. The second kappa shape index (κ2) is 33.3. The average molecular weight is 1140 g/mol. The van der Waals surface area contributed by atoms with Crippen molar-refractivity contribution in [3.63, 3.8) is 0 Å². The fourth-order valence-electron chi connectivity index (χ4n) is 10.2. The number of aliphatic hydroxyl groups is 1. The summed E-state index contributed by atoms with van der Waals surface area (Å²) >= 11 is 0. The molecule has 25 heteroatoms. The summed E-state index contributed by atoms with van der Waals surface area (Å²) in [4.78, 5) is 128. The number of rotatable bonds is 25. The van der Waals surface area contributed by atoms with Gasteiger partial charge in [-0.3, -0.25) is 43.3 Å². The molecule has 8 amide bonds. The number of ether oxygens (including phenoxy) is 1. The number of nitrogens with one attached hydrogen (secondary N) is 7. The van der Waals surface area contributed by atoms with Crippen LogP contribution in [0.2, 0.25) is 0 Å². The standard InChI is InChI=1S/C57H85N13O12/c1-34(2)28-43-53(77)69-45(32-71)54(78)66-41(19-9-8-18-39(59)49(73)64-42(52(76)67-43)21-12-26-62-57(60)61)51(75)65-40(20-10-11-25-58)50(74)63-31-48(72)70-27-13-22-46(70)55(79)68-44(56(80)81)30-36-23-24-47(38(29-36)37-16-6-7-17-37)82-33-35-14-4-3-5-15-35/h3-5,8-9,14-15,23-24,29,34,37,39-46,71H,6-7,10-13,16-22,25-28,30-33,58-59H2,1-2H3,(H,63,74)(H,64,73)(H,65,75)(H,66,78)(H,67,76)(H,68,79)(H,69,77)(H,80,81)(H4,60,61,62)/b9-8-/t39-,40-,41-,42-,43-,44-,45-,46-/m0/s1. The van der Waals surface area contributed by atoms with Gasteiger partial charge in [-0.2, -0.15) is 0 Å². The number of likely N-dealkylation sites (tertiary alicyclic amines) is 1. The van der Waals surface area contributed by atoms with Gasteiger partial charge in [0.25, 0.3) is 0 Å². The molecular formula is C57H85N13O12. The number of carbonyl (C=O) groups excluding carboxylic acids is 8. The van der Waals surface area contributed by atoms with Crippen LogP contribution in [0.1, 0.15) is 126 Å². The minimum absolute atomic E-state index is 0.0226. The second-order valence-corrected chi connectivity index (χ2v) is 21.6. The van der Waals surface area contributed by atoms with E-state index >= 15 is 0 Å². The molecule has 25 nitrogen and oxygen atoms in total. The molecule has 2 aromatic carbocycles. The predicted molar refractivity (Wildman–Crippen MR) is 305 cm³/mol. The van der Waals surface area contributed by atoms with Gasteiger partial charge in [0.1, 0.15) is 54.6 Å². The fourth-order valence-corrected chi connectivity index (χ4v) is 10.2. The Balaban J connectivity index is 1.26. The summed E-state index contributed by atoms with van der Waals surface area (Å²) in [5.41, 5.74) is 25.6. The Morgan fingerprint density at radius 2 is 1.45 bits per heavy atom. The van der Waals surface area contributed by atoms with Gasteiger partial charge in [0.15, 0.2) is 5.96 Å². The van der Waals surface area contributed by atoms with E-state index in [1.54, 1.807) is 19.9 Å². The molecule has 3 aliphatic rings. The van der Waals surface area contributed by atoms with Crippen molar-refractivity contribution < 1.29 is 58.1 Å². The lowest BCUT2D eigenvalue weighted by Gasteiger charge is -2.27. The van der Waals surface area contributed by atoms with Crippen LogP contribution in [0.4, 0.5) is 0 Å². The van der Waals surface area contributed by atoms with Crippen LogP contribution in [0, 0.1) is 5.92 Å². The third-order valence-electron chi connectivity index (χ3n) is 14.7. The van der Waals surface area contributed by atoms with Gasteiger partial charge in [0, 0.05) is 19.5 Å². The molecule has 0 unspecified atom stereocenters. The first-order valence-corrected chi connectivity index (χ1v) is 28.5. The molecule has 1 saturated heterocycles. The summed E-state index contributed by atoms with van der Waals surface area (Å²) in [6, 6.07) is 5.13. The van der Waals surface area contributed by atoms with E-state index in [9.17, 15) is 53.4 Å². The lowest BCUT2D eigenvalue weighted by molar-refractivity contribution is -0.144. The van der Waals surface area contributed by atoms with Gasteiger partial charge in [-0.1, -0.05) is 81.3 Å². The molecular weight excluding hydrogens is 1060 g/mol. The minimum atomic E-state index is -1.61. The first-order chi connectivity index (χ1) is 39.3. The molecule has 8 atom stereocenters.